The molecule has 23 heavy (non-hydrogen) atoms. The van der Waals surface area contributed by atoms with Crippen LogP contribution in [0.1, 0.15) is 30.2 Å². The van der Waals surface area contributed by atoms with E-state index in [0.717, 1.165) is 5.56 Å². The molecule has 0 saturated heterocycles. The maximum atomic E-state index is 10.3. The van der Waals surface area contributed by atoms with E-state index in [1.807, 2.05) is 12.1 Å². The van der Waals surface area contributed by atoms with Crippen LogP contribution in [0.15, 0.2) is 66.7 Å². The van der Waals surface area contributed by atoms with Gasteiger partial charge in [0.25, 0.3) is 0 Å². The molecule has 0 saturated carbocycles. The Morgan fingerprint density at radius 2 is 1.65 bits per heavy atom. The van der Waals surface area contributed by atoms with Gasteiger partial charge in [0.2, 0.25) is 0 Å². The molecule has 2 nitrogen and oxygen atoms in total. The van der Waals surface area contributed by atoms with Gasteiger partial charge in [0.1, 0.15) is 0 Å². The van der Waals surface area contributed by atoms with Crippen LogP contribution in [0.2, 0.25) is 5.02 Å². The average molecular weight is 326 g/mol. The molecule has 0 bridgehead atoms. The zero-order valence-electron chi connectivity index (χ0n) is 13.0. The second-order valence-corrected chi connectivity index (χ2v) is 6.20. The van der Waals surface area contributed by atoms with Gasteiger partial charge in [0, 0.05) is 17.6 Å². The van der Waals surface area contributed by atoms with E-state index in [1.165, 1.54) is 16.3 Å². The van der Waals surface area contributed by atoms with Crippen LogP contribution < -0.4 is 5.32 Å². The maximum Gasteiger partial charge on any atom is 0.0914 e. The second kappa shape index (κ2) is 7.14. The Morgan fingerprint density at radius 1 is 0.957 bits per heavy atom. The lowest BCUT2D eigenvalue weighted by Gasteiger charge is -2.19. The maximum absolute atomic E-state index is 10.3. The molecule has 2 unspecified atom stereocenters. The minimum absolute atomic E-state index is 0.156. The summed E-state index contributed by atoms with van der Waals surface area (Å²) in [4.78, 5) is 0. The van der Waals surface area contributed by atoms with Crippen molar-refractivity contribution in [1.82, 2.24) is 5.32 Å². The lowest BCUT2D eigenvalue weighted by Crippen LogP contribution is -2.24. The van der Waals surface area contributed by atoms with E-state index in [9.17, 15) is 5.11 Å². The van der Waals surface area contributed by atoms with Crippen LogP contribution in [0.4, 0.5) is 0 Å². The fourth-order valence-electron chi connectivity index (χ4n) is 2.83. The summed E-state index contributed by atoms with van der Waals surface area (Å²) in [5.74, 6) is 0. The number of aliphatic hydroxyl groups is 1. The van der Waals surface area contributed by atoms with Crippen molar-refractivity contribution in [2.24, 2.45) is 0 Å². The van der Waals surface area contributed by atoms with E-state index in [2.05, 4.69) is 54.7 Å². The summed E-state index contributed by atoms with van der Waals surface area (Å²) < 4.78 is 0. The van der Waals surface area contributed by atoms with Crippen LogP contribution in [0.25, 0.3) is 10.8 Å². The highest BCUT2D eigenvalue weighted by Gasteiger charge is 2.12. The quantitative estimate of drug-likeness (QED) is 0.701. The molecule has 2 N–H and O–H groups in total. The number of hydrogen-bond acceptors (Lipinski definition) is 2. The number of hydrogen-bond donors (Lipinski definition) is 2. The van der Waals surface area contributed by atoms with E-state index in [0.29, 0.717) is 11.6 Å². The molecule has 118 valence electrons. The molecule has 2 atom stereocenters. The monoisotopic (exact) mass is 325 g/mol. The Labute approximate surface area is 141 Å². The molecule has 0 aliphatic rings. The predicted octanol–water partition coefficient (Wildman–Crippen LogP) is 4.88. The zero-order chi connectivity index (χ0) is 16.2. The Morgan fingerprint density at radius 3 is 2.43 bits per heavy atom. The molecule has 0 aliphatic heterocycles. The minimum atomic E-state index is -0.551. The summed E-state index contributed by atoms with van der Waals surface area (Å²) >= 11 is 5.88. The third-order valence-corrected chi connectivity index (χ3v) is 4.41. The van der Waals surface area contributed by atoms with E-state index in [1.54, 1.807) is 12.1 Å². The fourth-order valence-corrected chi connectivity index (χ4v) is 2.96. The molecule has 3 aromatic carbocycles. The van der Waals surface area contributed by atoms with Crippen LogP contribution in [0, 0.1) is 0 Å². The highest BCUT2D eigenvalue weighted by Crippen LogP contribution is 2.24. The molecule has 0 heterocycles. The largest absolute Gasteiger partial charge is 0.387 e. The van der Waals surface area contributed by atoms with E-state index < -0.39 is 6.10 Å². The first kappa shape index (κ1) is 16.0. The average Bonchev–Trinajstić information content (AvgIpc) is 2.59. The van der Waals surface area contributed by atoms with Crippen LogP contribution in [-0.4, -0.2) is 11.7 Å². The molecular weight excluding hydrogens is 306 g/mol. The molecule has 0 aromatic heterocycles. The summed E-state index contributed by atoms with van der Waals surface area (Å²) in [5.41, 5.74) is 2.11. The molecule has 0 fully saturated rings. The molecule has 3 heteroatoms. The van der Waals surface area contributed by atoms with Crippen molar-refractivity contribution in [1.29, 1.82) is 0 Å². The molecular formula is C20H20ClNO. The lowest BCUT2D eigenvalue weighted by atomic mass is 9.99. The van der Waals surface area contributed by atoms with Crippen molar-refractivity contribution in [2.45, 2.75) is 19.1 Å². The smallest absolute Gasteiger partial charge is 0.0914 e. The van der Waals surface area contributed by atoms with Gasteiger partial charge in [0.05, 0.1) is 6.10 Å². The number of rotatable bonds is 5. The number of fused-ring (bicyclic) bond motifs is 1. The fraction of sp³-hybridized carbons (Fsp3) is 0.200. The van der Waals surface area contributed by atoms with Crippen molar-refractivity contribution >= 4 is 22.4 Å². The first-order valence-electron chi connectivity index (χ1n) is 7.80. The second-order valence-electron chi connectivity index (χ2n) is 5.77. The van der Waals surface area contributed by atoms with Crippen LogP contribution in [-0.2, 0) is 0 Å². The van der Waals surface area contributed by atoms with Gasteiger partial charge in [-0.2, -0.15) is 0 Å². The van der Waals surface area contributed by atoms with Gasteiger partial charge in [-0.25, -0.2) is 0 Å². The molecule has 3 aromatic rings. The molecule has 0 radical (unpaired) electrons. The Kier molecular flexibility index (Phi) is 4.97. The van der Waals surface area contributed by atoms with Crippen LogP contribution >= 0.6 is 11.6 Å². The number of benzene rings is 3. The normalized spacial score (nSPS) is 13.9. The highest BCUT2D eigenvalue weighted by atomic mass is 35.5. The SMILES string of the molecule is CC(NCC(O)c1ccc(Cl)cc1)c1cccc2ccccc12. The van der Waals surface area contributed by atoms with Gasteiger partial charge in [-0.3, -0.25) is 0 Å². The Bertz CT molecular complexity index is 780. The number of aliphatic hydroxyl groups excluding tert-OH is 1. The van der Waals surface area contributed by atoms with Gasteiger partial charge >= 0.3 is 0 Å². The Balaban J connectivity index is 1.71. The van der Waals surface area contributed by atoms with Crippen LogP contribution in [0.5, 0.6) is 0 Å². The molecule has 0 spiro atoms. The summed E-state index contributed by atoms with van der Waals surface area (Å²) in [6.45, 7) is 2.61. The predicted molar refractivity (Wildman–Crippen MR) is 96.8 cm³/mol. The summed E-state index contributed by atoms with van der Waals surface area (Å²) in [7, 11) is 0. The Hall–Kier alpha value is -1.87. The molecule has 3 rings (SSSR count). The van der Waals surface area contributed by atoms with Gasteiger partial charge in [-0.1, -0.05) is 66.2 Å². The van der Waals surface area contributed by atoms with Gasteiger partial charge in [-0.05, 0) is 41.0 Å². The van der Waals surface area contributed by atoms with E-state index >= 15 is 0 Å². The topological polar surface area (TPSA) is 32.3 Å². The number of halogens is 1. The van der Waals surface area contributed by atoms with Gasteiger partial charge in [-0.15, -0.1) is 0 Å². The van der Waals surface area contributed by atoms with Crippen molar-refractivity contribution in [2.75, 3.05) is 6.54 Å². The van der Waals surface area contributed by atoms with Crippen molar-refractivity contribution < 1.29 is 5.11 Å². The highest BCUT2D eigenvalue weighted by molar-refractivity contribution is 6.30. The van der Waals surface area contributed by atoms with Crippen molar-refractivity contribution in [3.8, 4) is 0 Å². The first-order chi connectivity index (χ1) is 11.1. The molecule has 0 amide bonds. The van der Waals surface area contributed by atoms with Crippen molar-refractivity contribution in [3.05, 3.63) is 82.9 Å². The number of nitrogens with one attached hydrogen (secondary N) is 1. The summed E-state index contributed by atoms with van der Waals surface area (Å²) in [6.07, 6.45) is -0.551. The first-order valence-corrected chi connectivity index (χ1v) is 8.17. The minimum Gasteiger partial charge on any atom is -0.387 e. The lowest BCUT2D eigenvalue weighted by molar-refractivity contribution is 0.171. The third kappa shape index (κ3) is 3.73. The zero-order valence-corrected chi connectivity index (χ0v) is 13.8. The van der Waals surface area contributed by atoms with Crippen LogP contribution in [0.3, 0.4) is 0 Å². The summed E-state index contributed by atoms with van der Waals surface area (Å²) in [6, 6.07) is 22.2. The third-order valence-electron chi connectivity index (χ3n) is 4.16. The summed E-state index contributed by atoms with van der Waals surface area (Å²) in [5, 5.41) is 16.9. The van der Waals surface area contributed by atoms with Gasteiger partial charge < -0.3 is 10.4 Å². The van der Waals surface area contributed by atoms with Crippen molar-refractivity contribution in [3.63, 3.8) is 0 Å². The van der Waals surface area contributed by atoms with Gasteiger partial charge in [0.15, 0.2) is 0 Å². The van der Waals surface area contributed by atoms with E-state index in [4.69, 9.17) is 11.6 Å². The molecule has 0 aliphatic carbocycles. The van der Waals surface area contributed by atoms with E-state index in [-0.39, 0.29) is 6.04 Å². The standard InChI is InChI=1S/C20H20ClNO/c1-14(18-8-4-6-15-5-2-3-7-19(15)18)22-13-20(23)16-9-11-17(21)12-10-16/h2-12,14,20,22-23H,13H2,1H3.